The highest BCUT2D eigenvalue weighted by molar-refractivity contribution is 7.93. The van der Waals surface area contributed by atoms with Crippen LogP contribution in [0.25, 0.3) is 10.9 Å². The lowest BCUT2D eigenvalue weighted by atomic mass is 10.2. The molecule has 1 aliphatic rings. The van der Waals surface area contributed by atoms with Crippen LogP contribution in [-0.2, 0) is 9.73 Å². The van der Waals surface area contributed by atoms with Crippen LogP contribution in [0.15, 0.2) is 34.7 Å². The Bertz CT molecular complexity index is 769. The quantitative estimate of drug-likeness (QED) is 0.893. The van der Waals surface area contributed by atoms with E-state index < -0.39 is 21.7 Å². The number of para-hydroxylation sites is 1. The number of nitrogens with one attached hydrogen (secondary N) is 1. The first-order valence-electron chi connectivity index (χ1n) is 6.97. The Labute approximate surface area is 123 Å². The molecule has 0 aliphatic heterocycles. The first kappa shape index (κ1) is 14.3. The van der Waals surface area contributed by atoms with Crippen molar-refractivity contribution in [1.29, 1.82) is 0 Å². The average Bonchev–Trinajstić information content (AvgIpc) is 3.04. The first-order valence-corrected chi connectivity index (χ1v) is 8.95. The van der Waals surface area contributed by atoms with Crippen molar-refractivity contribution in [3.8, 4) is 0 Å². The maximum Gasteiger partial charge on any atom is 0.301 e. The van der Waals surface area contributed by atoms with Gasteiger partial charge in [0.25, 0.3) is 0 Å². The van der Waals surface area contributed by atoms with Crippen molar-refractivity contribution in [2.45, 2.75) is 30.6 Å². The molecule has 5 nitrogen and oxygen atoms in total. The fourth-order valence-electron chi connectivity index (χ4n) is 2.79. The Kier molecular flexibility index (Phi) is 3.59. The summed E-state index contributed by atoms with van der Waals surface area (Å²) in [5.41, 5.74) is 1.21. The number of aliphatic hydroxyl groups excluding tert-OH is 1. The van der Waals surface area contributed by atoms with E-state index in [-0.39, 0.29) is 5.25 Å². The van der Waals surface area contributed by atoms with Crippen molar-refractivity contribution in [2.24, 2.45) is 4.36 Å². The zero-order chi connectivity index (χ0) is 15.0. The fraction of sp³-hybridized carbons (Fsp3) is 0.400. The van der Waals surface area contributed by atoms with Gasteiger partial charge in [0.2, 0.25) is 0 Å². The van der Waals surface area contributed by atoms with Gasteiger partial charge in [-0.3, -0.25) is 4.79 Å². The highest BCUT2D eigenvalue weighted by atomic mass is 32.2. The van der Waals surface area contributed by atoms with E-state index in [0.717, 1.165) is 10.9 Å². The molecule has 1 amide bonds. The van der Waals surface area contributed by atoms with Gasteiger partial charge in [-0.05, 0) is 31.4 Å². The molecule has 0 saturated heterocycles. The molecule has 1 aliphatic carbocycles. The molecule has 6 heteroatoms. The lowest BCUT2D eigenvalue weighted by Crippen LogP contribution is -2.19. The number of fused-ring (bicyclic) bond motifs is 1. The molecule has 2 aromatic rings. The van der Waals surface area contributed by atoms with Gasteiger partial charge >= 0.3 is 5.91 Å². The second-order valence-corrected chi connectivity index (χ2v) is 8.19. The summed E-state index contributed by atoms with van der Waals surface area (Å²) in [7, 11) is -2.63. The van der Waals surface area contributed by atoms with E-state index in [4.69, 9.17) is 0 Å². The molecule has 0 bridgehead atoms. The van der Waals surface area contributed by atoms with E-state index >= 15 is 0 Å². The van der Waals surface area contributed by atoms with Crippen molar-refractivity contribution in [1.82, 2.24) is 4.98 Å². The number of nitrogens with zero attached hydrogens (tertiary/aromatic N) is 1. The Morgan fingerprint density at radius 2 is 2.14 bits per heavy atom. The molecule has 0 spiro atoms. The van der Waals surface area contributed by atoms with Crippen LogP contribution in [0.3, 0.4) is 0 Å². The number of carbonyl (C=O) groups is 1. The number of hydrogen-bond acceptors (Lipinski definition) is 3. The molecular formula is C15H18N2O3S. The summed E-state index contributed by atoms with van der Waals surface area (Å²) in [6, 6.07) is 9.28. The highest BCUT2D eigenvalue weighted by Crippen LogP contribution is 2.26. The molecule has 3 rings (SSSR count). The minimum Gasteiger partial charge on any atom is -0.393 e. The summed E-state index contributed by atoms with van der Waals surface area (Å²) < 4.78 is 16.6. The second kappa shape index (κ2) is 5.27. The Morgan fingerprint density at radius 1 is 1.38 bits per heavy atom. The summed E-state index contributed by atoms with van der Waals surface area (Å²) >= 11 is 0. The van der Waals surface area contributed by atoms with Crippen LogP contribution in [0.4, 0.5) is 0 Å². The number of hydrogen-bond donors (Lipinski definition) is 2. The van der Waals surface area contributed by atoms with E-state index in [2.05, 4.69) is 9.35 Å². The molecule has 1 fully saturated rings. The van der Waals surface area contributed by atoms with Crippen molar-refractivity contribution < 1.29 is 14.1 Å². The third kappa shape index (κ3) is 2.87. The zero-order valence-electron chi connectivity index (χ0n) is 11.8. The lowest BCUT2D eigenvalue weighted by Gasteiger charge is -2.10. The number of aliphatic hydroxyl groups is 1. The number of amides is 1. The largest absolute Gasteiger partial charge is 0.393 e. The van der Waals surface area contributed by atoms with E-state index in [1.165, 1.54) is 6.26 Å². The van der Waals surface area contributed by atoms with E-state index in [9.17, 15) is 14.1 Å². The maximum atomic E-state index is 12.6. The van der Waals surface area contributed by atoms with Crippen molar-refractivity contribution in [3.63, 3.8) is 0 Å². The molecule has 1 heterocycles. The van der Waals surface area contributed by atoms with E-state index in [0.29, 0.717) is 25.0 Å². The Balaban J connectivity index is 1.91. The van der Waals surface area contributed by atoms with Gasteiger partial charge in [-0.15, -0.1) is 0 Å². The predicted molar refractivity (Wildman–Crippen MR) is 82.8 cm³/mol. The van der Waals surface area contributed by atoms with Crippen LogP contribution in [0.5, 0.6) is 0 Å². The van der Waals surface area contributed by atoms with Crippen LogP contribution < -0.4 is 0 Å². The maximum absolute atomic E-state index is 12.6. The molecule has 112 valence electrons. The predicted octanol–water partition coefficient (Wildman–Crippen LogP) is 2.32. The third-order valence-corrected chi connectivity index (χ3v) is 6.19. The highest BCUT2D eigenvalue weighted by Gasteiger charge is 2.30. The fourth-order valence-corrected chi connectivity index (χ4v) is 4.52. The van der Waals surface area contributed by atoms with Gasteiger partial charge in [0, 0.05) is 22.4 Å². The standard InChI is InChI=1S/C15H18N2O3S/c1-21(20,12-7-6-11(18)9-12)17-15(19)14-8-10-4-2-3-5-13(10)16-14/h2-5,8,11-12,16,18H,6-7,9H2,1H3. The van der Waals surface area contributed by atoms with Gasteiger partial charge in [0.05, 0.1) is 15.8 Å². The molecule has 1 saturated carbocycles. The number of aromatic amines is 1. The van der Waals surface area contributed by atoms with Gasteiger partial charge in [-0.25, -0.2) is 4.21 Å². The smallest absolute Gasteiger partial charge is 0.301 e. The molecule has 1 aromatic carbocycles. The molecule has 1 aromatic heterocycles. The minimum absolute atomic E-state index is 0.208. The van der Waals surface area contributed by atoms with Crippen molar-refractivity contribution in [2.75, 3.05) is 6.26 Å². The van der Waals surface area contributed by atoms with E-state index in [1.54, 1.807) is 6.07 Å². The number of aromatic nitrogens is 1. The summed E-state index contributed by atoms with van der Waals surface area (Å²) in [5, 5.41) is 10.3. The molecule has 3 atom stereocenters. The summed E-state index contributed by atoms with van der Waals surface area (Å²) in [4.78, 5) is 15.2. The van der Waals surface area contributed by atoms with Crippen LogP contribution in [0, 0.1) is 0 Å². The number of carbonyl (C=O) groups excluding carboxylic acids is 1. The number of benzene rings is 1. The molecule has 3 unspecified atom stereocenters. The van der Waals surface area contributed by atoms with E-state index in [1.807, 2.05) is 24.3 Å². The Hall–Kier alpha value is -1.66. The van der Waals surface area contributed by atoms with Gasteiger partial charge in [-0.1, -0.05) is 18.2 Å². The summed E-state index contributed by atoms with van der Waals surface area (Å²) in [5.74, 6) is -0.486. The minimum atomic E-state index is -2.63. The SMILES string of the molecule is CS(=O)(=NC(=O)c1cc2ccccc2[nH]1)C1CCC(O)C1. The Morgan fingerprint density at radius 3 is 2.81 bits per heavy atom. The average molecular weight is 306 g/mol. The van der Waals surface area contributed by atoms with Gasteiger partial charge in [0.15, 0.2) is 0 Å². The third-order valence-electron chi connectivity index (χ3n) is 4.00. The number of H-pyrrole nitrogens is 1. The van der Waals surface area contributed by atoms with Crippen LogP contribution in [0.1, 0.15) is 29.8 Å². The van der Waals surface area contributed by atoms with Crippen LogP contribution in [0.2, 0.25) is 0 Å². The van der Waals surface area contributed by atoms with Gasteiger partial charge in [0.1, 0.15) is 5.69 Å². The number of rotatable bonds is 2. The molecule has 0 radical (unpaired) electrons. The van der Waals surface area contributed by atoms with Crippen molar-refractivity contribution in [3.05, 3.63) is 36.0 Å². The second-order valence-electron chi connectivity index (χ2n) is 5.62. The van der Waals surface area contributed by atoms with Crippen LogP contribution >= 0.6 is 0 Å². The van der Waals surface area contributed by atoms with Gasteiger partial charge in [-0.2, -0.15) is 4.36 Å². The lowest BCUT2D eigenvalue weighted by molar-refractivity contribution is 0.100. The first-order chi connectivity index (χ1) is 9.95. The molecule has 21 heavy (non-hydrogen) atoms. The van der Waals surface area contributed by atoms with Gasteiger partial charge < -0.3 is 10.1 Å². The summed E-state index contributed by atoms with van der Waals surface area (Å²) in [6.07, 6.45) is 2.83. The summed E-state index contributed by atoms with van der Waals surface area (Å²) in [6.45, 7) is 0. The topological polar surface area (TPSA) is 82.5 Å². The zero-order valence-corrected chi connectivity index (χ0v) is 12.6. The molecular weight excluding hydrogens is 288 g/mol. The normalized spacial score (nSPS) is 24.9. The van der Waals surface area contributed by atoms with Crippen molar-refractivity contribution >= 4 is 26.5 Å². The van der Waals surface area contributed by atoms with Crippen LogP contribution in [-0.4, -0.2) is 37.8 Å². The molecule has 2 N–H and O–H groups in total. The monoisotopic (exact) mass is 306 g/mol.